The Morgan fingerprint density at radius 3 is 2.05 bits per heavy atom. The second-order valence-electron chi connectivity index (χ2n) is 13.5. The van der Waals surface area contributed by atoms with Crippen LogP contribution in [0.25, 0.3) is 22.0 Å². The van der Waals surface area contributed by atoms with Crippen LogP contribution < -0.4 is 32.3 Å². The molecule has 3 atom stereocenters. The average molecular weight is 792 g/mol. The number of carboxylic acids is 1. The first-order valence-corrected chi connectivity index (χ1v) is 18.3. The average Bonchev–Trinajstić information content (AvgIpc) is 3.95. The quantitative estimate of drug-likeness (QED) is 0.0600. The van der Waals surface area contributed by atoms with Crippen LogP contribution in [0.2, 0.25) is 0 Å². The van der Waals surface area contributed by atoms with E-state index in [0.717, 1.165) is 33.2 Å². The van der Waals surface area contributed by atoms with Crippen molar-refractivity contribution >= 4 is 52.5 Å². The Morgan fingerprint density at radius 1 is 0.741 bits per heavy atom. The van der Waals surface area contributed by atoms with Crippen molar-refractivity contribution in [2.75, 3.05) is 19.7 Å². The molecule has 0 saturated heterocycles. The van der Waals surface area contributed by atoms with Gasteiger partial charge in [0.05, 0.1) is 12.7 Å². The number of H-pyrrole nitrogens is 2. The number of nitrogens with zero attached hydrogens (tertiary/aromatic N) is 1. The third-order valence-electron chi connectivity index (χ3n) is 9.55. The van der Waals surface area contributed by atoms with Gasteiger partial charge in [-0.3, -0.25) is 28.8 Å². The Balaban J connectivity index is 1.10. The zero-order valence-electron chi connectivity index (χ0n) is 31.0. The van der Waals surface area contributed by atoms with Gasteiger partial charge in [-0.25, -0.2) is 9.78 Å². The Labute approximate surface area is 330 Å². The van der Waals surface area contributed by atoms with E-state index < -0.39 is 79.2 Å². The van der Waals surface area contributed by atoms with E-state index in [1.54, 1.807) is 18.3 Å². The van der Waals surface area contributed by atoms with Crippen molar-refractivity contribution in [2.24, 2.45) is 5.73 Å². The fourth-order valence-corrected chi connectivity index (χ4v) is 6.84. The van der Waals surface area contributed by atoms with Crippen LogP contribution in [0.15, 0.2) is 91.5 Å². The number of fused-ring (bicyclic) bond motifs is 4. The number of para-hydroxylation sites is 1. The first-order valence-electron chi connectivity index (χ1n) is 18.3. The summed E-state index contributed by atoms with van der Waals surface area (Å²) in [6.07, 6.45) is 2.63. The number of carboxylic acid groups (broad SMARTS) is 1. The summed E-state index contributed by atoms with van der Waals surface area (Å²) in [5, 5.41) is 22.0. The maximum absolute atomic E-state index is 13.7. The normalized spacial score (nSPS) is 13.2. The highest BCUT2D eigenvalue weighted by Gasteiger charge is 2.32. The molecule has 0 radical (unpaired) electrons. The van der Waals surface area contributed by atoms with Gasteiger partial charge < -0.3 is 52.1 Å². The number of alkyl carbamates (subject to hydrolysis) is 1. The van der Waals surface area contributed by atoms with Gasteiger partial charge in [0, 0.05) is 47.8 Å². The summed E-state index contributed by atoms with van der Waals surface area (Å²) in [5.41, 5.74) is 11.4. The SMILES string of the molecule is NC(=O)C[C@H](NC(=O)[C@H](Cc1cnc[nH]1)NC(=O)CNC(=O)OCC1c2ccccc2-c2ccccc21)C(=O)N[C@@H](Cc1c[nH]c2ccccc12)C(=O)NCC(=O)O. The molecule has 1 aliphatic carbocycles. The number of nitrogens with two attached hydrogens (primary N) is 1. The monoisotopic (exact) mass is 791 g/mol. The molecule has 0 spiro atoms. The number of carbonyl (C=O) groups is 7. The van der Waals surface area contributed by atoms with Gasteiger partial charge in [-0.05, 0) is 33.9 Å². The first-order chi connectivity index (χ1) is 28.0. The lowest BCUT2D eigenvalue weighted by Crippen LogP contribution is -2.58. The number of carbonyl (C=O) groups excluding carboxylic acids is 6. The molecule has 300 valence electrons. The number of aromatic amines is 2. The van der Waals surface area contributed by atoms with Crippen LogP contribution in [0.1, 0.15) is 34.7 Å². The molecule has 6 amide bonds. The molecule has 18 heteroatoms. The maximum Gasteiger partial charge on any atom is 0.407 e. The number of imidazole rings is 1. The molecule has 2 heterocycles. The third kappa shape index (κ3) is 10.0. The van der Waals surface area contributed by atoms with Gasteiger partial charge >= 0.3 is 12.1 Å². The molecule has 0 bridgehead atoms. The summed E-state index contributed by atoms with van der Waals surface area (Å²) >= 11 is 0. The molecule has 58 heavy (non-hydrogen) atoms. The minimum absolute atomic E-state index is 0.0134. The predicted octanol–water partition coefficient (Wildman–Crippen LogP) is 0.746. The summed E-state index contributed by atoms with van der Waals surface area (Å²) in [7, 11) is 0. The van der Waals surface area contributed by atoms with Crippen molar-refractivity contribution < 1.29 is 43.4 Å². The lowest BCUT2D eigenvalue weighted by Gasteiger charge is -2.25. The molecule has 6 rings (SSSR count). The zero-order chi connectivity index (χ0) is 41.2. The summed E-state index contributed by atoms with van der Waals surface area (Å²) < 4.78 is 5.50. The van der Waals surface area contributed by atoms with Crippen LogP contribution in [0.4, 0.5) is 4.79 Å². The minimum Gasteiger partial charge on any atom is -0.480 e. The van der Waals surface area contributed by atoms with Crippen molar-refractivity contribution in [1.29, 1.82) is 0 Å². The van der Waals surface area contributed by atoms with Crippen LogP contribution in [0.5, 0.6) is 0 Å². The molecule has 0 unspecified atom stereocenters. The molecule has 2 aromatic heterocycles. The number of nitrogens with one attached hydrogen (secondary N) is 7. The molecule has 10 N–H and O–H groups in total. The fraction of sp³-hybridized carbons (Fsp3) is 0.250. The highest BCUT2D eigenvalue weighted by Crippen LogP contribution is 2.44. The summed E-state index contributed by atoms with van der Waals surface area (Å²) in [6, 6.07) is 18.5. The van der Waals surface area contributed by atoms with Crippen LogP contribution >= 0.6 is 0 Å². The van der Waals surface area contributed by atoms with Crippen LogP contribution in [-0.2, 0) is 46.3 Å². The van der Waals surface area contributed by atoms with Crippen LogP contribution in [-0.4, -0.2) is 99.5 Å². The topological polar surface area (TPSA) is 280 Å². The second-order valence-corrected chi connectivity index (χ2v) is 13.5. The van der Waals surface area contributed by atoms with E-state index >= 15 is 0 Å². The van der Waals surface area contributed by atoms with Crippen molar-refractivity contribution in [3.05, 3.63) is 114 Å². The summed E-state index contributed by atoms with van der Waals surface area (Å²) in [5.74, 6) is -5.99. The number of amides is 6. The predicted molar refractivity (Wildman–Crippen MR) is 208 cm³/mol. The first kappa shape index (κ1) is 40.2. The molecule has 0 aliphatic heterocycles. The number of ether oxygens (including phenoxy) is 1. The number of hydrogen-bond acceptors (Lipinski definition) is 9. The molecule has 0 saturated carbocycles. The molecule has 1 aliphatic rings. The van der Waals surface area contributed by atoms with E-state index in [-0.39, 0.29) is 25.4 Å². The van der Waals surface area contributed by atoms with Crippen molar-refractivity contribution in [3.8, 4) is 11.1 Å². The van der Waals surface area contributed by atoms with E-state index in [1.807, 2.05) is 60.7 Å². The molecule has 18 nitrogen and oxygen atoms in total. The highest BCUT2D eigenvalue weighted by atomic mass is 16.5. The molecule has 0 fully saturated rings. The maximum atomic E-state index is 13.7. The lowest BCUT2D eigenvalue weighted by molar-refractivity contribution is -0.138. The lowest BCUT2D eigenvalue weighted by atomic mass is 9.98. The van der Waals surface area contributed by atoms with Crippen molar-refractivity contribution in [3.63, 3.8) is 0 Å². The highest BCUT2D eigenvalue weighted by molar-refractivity contribution is 5.97. The van der Waals surface area contributed by atoms with Gasteiger partial charge in [0.15, 0.2) is 0 Å². The second kappa shape index (κ2) is 18.4. The van der Waals surface area contributed by atoms with Crippen LogP contribution in [0.3, 0.4) is 0 Å². The van der Waals surface area contributed by atoms with E-state index in [1.165, 1.54) is 12.5 Å². The zero-order valence-corrected chi connectivity index (χ0v) is 31.0. The standard InChI is InChI=1S/C40H41N9O9/c41-34(50)15-33(39(56)48-31(37(54)44-19-36(52)53)13-22-16-43-30-12-6-5-7-24(22)30)49-38(55)32(14-23-17-42-21-46-23)47-35(51)18-45-40(57)58-20-29-27-10-3-1-8-25(27)26-9-2-4-11-28(26)29/h1-12,16-17,21,29,31-33,43H,13-15,18-20H2,(H2,41,50)(H,42,46)(H,44,54)(H,45,57)(H,47,51)(H,48,56)(H,49,55)(H,52,53)/t31-,32-,33-/m0/s1. The van der Waals surface area contributed by atoms with Gasteiger partial charge in [-0.1, -0.05) is 66.7 Å². The number of hydrogen-bond donors (Lipinski definition) is 9. The molecular weight excluding hydrogens is 750 g/mol. The number of primary amides is 1. The summed E-state index contributed by atoms with van der Waals surface area (Å²) in [6.45, 7) is -1.29. The largest absolute Gasteiger partial charge is 0.480 e. The van der Waals surface area contributed by atoms with Gasteiger partial charge in [-0.15, -0.1) is 0 Å². The molecular formula is C40H41N9O9. The Kier molecular flexibility index (Phi) is 12.8. The van der Waals surface area contributed by atoms with E-state index in [4.69, 9.17) is 15.6 Å². The Hall–Kier alpha value is -7.50. The minimum atomic E-state index is -1.62. The number of aromatic nitrogens is 3. The number of rotatable bonds is 18. The Bertz CT molecular complexity index is 2280. The fourth-order valence-electron chi connectivity index (χ4n) is 6.84. The van der Waals surface area contributed by atoms with E-state index in [2.05, 4.69) is 41.5 Å². The van der Waals surface area contributed by atoms with Crippen molar-refractivity contribution in [1.82, 2.24) is 41.5 Å². The van der Waals surface area contributed by atoms with Crippen LogP contribution in [0, 0.1) is 0 Å². The number of benzene rings is 3. The van der Waals surface area contributed by atoms with Crippen molar-refractivity contribution in [2.45, 2.75) is 43.3 Å². The third-order valence-corrected chi connectivity index (χ3v) is 9.55. The summed E-state index contributed by atoms with van der Waals surface area (Å²) in [4.78, 5) is 99.6. The Morgan fingerprint density at radius 2 is 1.38 bits per heavy atom. The van der Waals surface area contributed by atoms with E-state index in [0.29, 0.717) is 11.3 Å². The number of aliphatic carboxylic acids is 1. The van der Waals surface area contributed by atoms with Gasteiger partial charge in [0.2, 0.25) is 29.5 Å². The van der Waals surface area contributed by atoms with Gasteiger partial charge in [-0.2, -0.15) is 0 Å². The smallest absolute Gasteiger partial charge is 0.407 e. The van der Waals surface area contributed by atoms with Gasteiger partial charge in [0.25, 0.3) is 0 Å². The van der Waals surface area contributed by atoms with Gasteiger partial charge in [0.1, 0.15) is 37.8 Å². The molecule has 3 aromatic carbocycles. The molecule has 5 aromatic rings. The van der Waals surface area contributed by atoms with E-state index in [9.17, 15) is 33.6 Å².